The zero-order chi connectivity index (χ0) is 10.4. The lowest BCUT2D eigenvalue weighted by Crippen LogP contribution is -2.38. The first kappa shape index (κ1) is 11.5. The summed E-state index contributed by atoms with van der Waals surface area (Å²) in [7, 11) is 0. The number of carboxylic acids is 1. The predicted molar refractivity (Wildman–Crippen MR) is 55.4 cm³/mol. The van der Waals surface area contributed by atoms with Gasteiger partial charge in [-0.25, -0.2) is 0 Å². The summed E-state index contributed by atoms with van der Waals surface area (Å²) in [5.74, 6) is -0.697. The van der Waals surface area contributed by atoms with Crippen molar-refractivity contribution in [2.75, 3.05) is 26.2 Å². The van der Waals surface area contributed by atoms with Crippen molar-refractivity contribution in [2.45, 2.75) is 32.2 Å². The van der Waals surface area contributed by atoms with Crippen molar-refractivity contribution in [3.05, 3.63) is 0 Å². The Kier molecular flexibility index (Phi) is 4.90. The number of aliphatic carboxylic acids is 1. The van der Waals surface area contributed by atoms with Crippen molar-refractivity contribution in [3.63, 3.8) is 0 Å². The molecule has 1 atom stereocenters. The van der Waals surface area contributed by atoms with Gasteiger partial charge in [-0.1, -0.05) is 6.92 Å². The summed E-state index contributed by atoms with van der Waals surface area (Å²) in [5, 5.41) is 11.9. The topological polar surface area (TPSA) is 52.6 Å². The Morgan fingerprint density at radius 3 is 2.86 bits per heavy atom. The molecule has 4 heteroatoms. The third-order valence-electron chi connectivity index (χ3n) is 2.67. The molecule has 0 amide bonds. The molecule has 4 nitrogen and oxygen atoms in total. The summed E-state index contributed by atoms with van der Waals surface area (Å²) in [4.78, 5) is 12.8. The Balaban J connectivity index is 2.33. The van der Waals surface area contributed by atoms with Crippen LogP contribution < -0.4 is 5.32 Å². The van der Waals surface area contributed by atoms with Crippen molar-refractivity contribution in [1.82, 2.24) is 10.2 Å². The maximum atomic E-state index is 10.5. The van der Waals surface area contributed by atoms with Gasteiger partial charge >= 0.3 is 5.97 Å². The van der Waals surface area contributed by atoms with Gasteiger partial charge in [0.15, 0.2) is 0 Å². The van der Waals surface area contributed by atoms with E-state index in [4.69, 9.17) is 5.11 Å². The number of hydrogen-bond acceptors (Lipinski definition) is 3. The van der Waals surface area contributed by atoms with E-state index in [9.17, 15) is 4.79 Å². The van der Waals surface area contributed by atoms with E-state index in [0.717, 1.165) is 32.5 Å². The summed E-state index contributed by atoms with van der Waals surface area (Å²) < 4.78 is 0. The molecule has 0 aromatic heterocycles. The van der Waals surface area contributed by atoms with Crippen molar-refractivity contribution in [3.8, 4) is 0 Å². The van der Waals surface area contributed by atoms with E-state index in [1.165, 1.54) is 0 Å². The summed E-state index contributed by atoms with van der Waals surface area (Å²) in [6, 6.07) is 0.550. The summed E-state index contributed by atoms with van der Waals surface area (Å²) in [6.07, 6.45) is 2.51. The zero-order valence-electron chi connectivity index (χ0n) is 8.83. The first-order chi connectivity index (χ1) is 6.74. The van der Waals surface area contributed by atoms with Crippen LogP contribution in [0.25, 0.3) is 0 Å². The molecule has 1 aliphatic heterocycles. The number of nitrogens with one attached hydrogen (secondary N) is 1. The molecule has 14 heavy (non-hydrogen) atoms. The normalized spacial score (nSPS) is 21.7. The van der Waals surface area contributed by atoms with E-state index in [0.29, 0.717) is 12.6 Å². The van der Waals surface area contributed by atoms with E-state index in [-0.39, 0.29) is 6.42 Å². The minimum Gasteiger partial charge on any atom is -0.481 e. The maximum absolute atomic E-state index is 10.5. The molecular formula is C10H20N2O2. The highest BCUT2D eigenvalue weighted by Gasteiger charge is 2.21. The number of carbonyl (C=O) groups is 1. The Morgan fingerprint density at radius 2 is 2.36 bits per heavy atom. The van der Waals surface area contributed by atoms with Crippen LogP contribution >= 0.6 is 0 Å². The second kappa shape index (κ2) is 5.98. The smallest absolute Gasteiger partial charge is 0.304 e. The second-order valence-corrected chi connectivity index (χ2v) is 3.83. The van der Waals surface area contributed by atoms with Gasteiger partial charge in [-0.05, 0) is 25.9 Å². The van der Waals surface area contributed by atoms with Gasteiger partial charge < -0.3 is 10.4 Å². The van der Waals surface area contributed by atoms with Crippen molar-refractivity contribution >= 4 is 5.97 Å². The first-order valence-electron chi connectivity index (χ1n) is 5.40. The molecule has 1 fully saturated rings. The van der Waals surface area contributed by atoms with Crippen LogP contribution in [0, 0.1) is 0 Å². The molecule has 1 aliphatic rings. The Labute approximate surface area is 85.3 Å². The molecule has 0 aliphatic carbocycles. The van der Waals surface area contributed by atoms with Crippen molar-refractivity contribution in [2.24, 2.45) is 0 Å². The van der Waals surface area contributed by atoms with E-state index < -0.39 is 5.97 Å². The van der Waals surface area contributed by atoms with Gasteiger partial charge in [0.05, 0.1) is 6.42 Å². The molecule has 1 saturated heterocycles. The average Bonchev–Trinajstić information content (AvgIpc) is 2.64. The molecular weight excluding hydrogens is 180 g/mol. The third kappa shape index (κ3) is 3.64. The fourth-order valence-electron chi connectivity index (χ4n) is 1.95. The molecule has 82 valence electrons. The standard InChI is InChI=1S/C10H20N2O2/c1-2-6-12(7-4-10(13)14)9-3-5-11-8-9/h9,11H,2-8H2,1H3,(H,13,14). The van der Waals surface area contributed by atoms with Crippen LogP contribution in [0.3, 0.4) is 0 Å². The molecule has 0 spiro atoms. The van der Waals surface area contributed by atoms with Crippen molar-refractivity contribution in [1.29, 1.82) is 0 Å². The molecule has 0 aromatic rings. The van der Waals surface area contributed by atoms with Crippen LogP contribution in [0.1, 0.15) is 26.2 Å². The lowest BCUT2D eigenvalue weighted by atomic mass is 10.2. The lowest BCUT2D eigenvalue weighted by Gasteiger charge is -2.27. The minimum atomic E-state index is -0.697. The van der Waals surface area contributed by atoms with E-state index in [2.05, 4.69) is 17.1 Å². The average molecular weight is 200 g/mol. The molecule has 2 N–H and O–H groups in total. The van der Waals surface area contributed by atoms with Gasteiger partial charge in [0.2, 0.25) is 0 Å². The largest absolute Gasteiger partial charge is 0.481 e. The van der Waals surface area contributed by atoms with Crippen LogP contribution in [-0.2, 0) is 4.79 Å². The quantitative estimate of drug-likeness (QED) is 0.657. The number of hydrogen-bond donors (Lipinski definition) is 2. The first-order valence-corrected chi connectivity index (χ1v) is 5.40. The van der Waals surface area contributed by atoms with E-state index in [1.807, 2.05) is 0 Å². The molecule has 1 unspecified atom stereocenters. The highest BCUT2D eigenvalue weighted by atomic mass is 16.4. The van der Waals surface area contributed by atoms with Gasteiger partial charge in [0, 0.05) is 19.1 Å². The van der Waals surface area contributed by atoms with Crippen LogP contribution in [-0.4, -0.2) is 48.2 Å². The van der Waals surface area contributed by atoms with Gasteiger partial charge in [0.1, 0.15) is 0 Å². The van der Waals surface area contributed by atoms with Gasteiger partial charge in [-0.3, -0.25) is 9.69 Å². The lowest BCUT2D eigenvalue weighted by molar-refractivity contribution is -0.137. The molecule has 0 aromatic carbocycles. The van der Waals surface area contributed by atoms with E-state index >= 15 is 0 Å². The van der Waals surface area contributed by atoms with Crippen LogP contribution in [0.5, 0.6) is 0 Å². The van der Waals surface area contributed by atoms with Gasteiger partial charge in [-0.2, -0.15) is 0 Å². The second-order valence-electron chi connectivity index (χ2n) is 3.83. The zero-order valence-corrected chi connectivity index (χ0v) is 8.83. The molecule has 1 heterocycles. The summed E-state index contributed by atoms with van der Waals surface area (Å²) >= 11 is 0. The van der Waals surface area contributed by atoms with Crippen LogP contribution in [0.2, 0.25) is 0 Å². The maximum Gasteiger partial charge on any atom is 0.304 e. The SMILES string of the molecule is CCCN(CCC(=O)O)C1CCNC1. The van der Waals surface area contributed by atoms with Crippen LogP contribution in [0.15, 0.2) is 0 Å². The highest BCUT2D eigenvalue weighted by molar-refractivity contribution is 5.66. The molecule has 0 radical (unpaired) electrons. The Morgan fingerprint density at radius 1 is 1.57 bits per heavy atom. The molecule has 1 rings (SSSR count). The fourth-order valence-corrected chi connectivity index (χ4v) is 1.95. The summed E-state index contributed by atoms with van der Waals surface area (Å²) in [5.41, 5.74) is 0. The minimum absolute atomic E-state index is 0.260. The Hall–Kier alpha value is -0.610. The van der Waals surface area contributed by atoms with Crippen LogP contribution in [0.4, 0.5) is 0 Å². The highest BCUT2D eigenvalue weighted by Crippen LogP contribution is 2.09. The molecule has 0 saturated carbocycles. The molecule has 0 bridgehead atoms. The van der Waals surface area contributed by atoms with E-state index in [1.54, 1.807) is 0 Å². The van der Waals surface area contributed by atoms with Crippen molar-refractivity contribution < 1.29 is 9.90 Å². The monoisotopic (exact) mass is 200 g/mol. The van der Waals surface area contributed by atoms with Gasteiger partial charge in [-0.15, -0.1) is 0 Å². The fraction of sp³-hybridized carbons (Fsp3) is 0.900. The predicted octanol–water partition coefficient (Wildman–Crippen LogP) is 0.535. The number of nitrogens with zero attached hydrogens (tertiary/aromatic N) is 1. The number of rotatable bonds is 6. The van der Waals surface area contributed by atoms with Gasteiger partial charge in [0.25, 0.3) is 0 Å². The third-order valence-corrected chi connectivity index (χ3v) is 2.67. The Bertz CT molecular complexity index is 179. The summed E-state index contributed by atoms with van der Waals surface area (Å²) in [6.45, 7) is 5.92. The number of carboxylic acid groups (broad SMARTS) is 1.